The highest BCUT2D eigenvalue weighted by Gasteiger charge is 2.47. The van der Waals surface area contributed by atoms with E-state index in [1.807, 2.05) is 0 Å². The smallest absolute Gasteiger partial charge is 0.274 e. The lowest BCUT2D eigenvalue weighted by molar-refractivity contribution is -0.347. The summed E-state index contributed by atoms with van der Waals surface area (Å²) in [6, 6.07) is 0. The SMILES string of the molecule is CCC/C=C/C/C=C\CCCCCCCC(=O)SCCNC(=O)CCNC(=O)[C@H](O)C(C)(C)COP(=O)([O-])OP(=O)([O-])OC[C@H]1O[C@@H](n2cnc3c(N)ncnc32)[C@H](O)[C@@H]1OP(=O)([O-])[O-]. The number of nitrogen functional groups attached to an aromatic ring is 1. The first-order chi connectivity index (χ1) is 30.6. The molecule has 1 saturated heterocycles. The van der Waals surface area contributed by atoms with Crippen molar-refractivity contribution >= 4 is 69.1 Å². The number of aliphatic hydroxyl groups is 2. The molecule has 0 radical (unpaired) electrons. The molecular weight excluding hydrogens is 939 g/mol. The molecule has 0 spiro atoms. The Morgan fingerprint density at radius 1 is 0.954 bits per heavy atom. The Bertz CT molecular complexity index is 2050. The highest BCUT2D eigenvalue weighted by molar-refractivity contribution is 8.13. The number of allylic oxidation sites excluding steroid dienone is 4. The van der Waals surface area contributed by atoms with Gasteiger partial charge in [-0.05, 0) is 32.1 Å². The van der Waals surface area contributed by atoms with Crippen LogP contribution in [0.2, 0.25) is 0 Å². The van der Waals surface area contributed by atoms with Crippen LogP contribution in [0.15, 0.2) is 37.0 Å². The van der Waals surface area contributed by atoms with Crippen molar-refractivity contribution in [2.24, 2.45) is 5.41 Å². The number of aromatic nitrogens is 4. The predicted molar refractivity (Wildman–Crippen MR) is 228 cm³/mol. The van der Waals surface area contributed by atoms with Gasteiger partial charge in [0, 0.05) is 37.1 Å². The van der Waals surface area contributed by atoms with E-state index in [0.717, 1.165) is 86.8 Å². The number of ether oxygens (including phenoxy) is 1. The van der Waals surface area contributed by atoms with E-state index in [1.165, 1.54) is 13.8 Å². The van der Waals surface area contributed by atoms with Gasteiger partial charge in [-0.2, -0.15) is 0 Å². The third-order valence-electron chi connectivity index (χ3n) is 9.55. The Balaban J connectivity index is 1.33. The number of nitrogens with zero attached hydrogens (tertiary/aromatic N) is 4. The van der Waals surface area contributed by atoms with Gasteiger partial charge in [-0.1, -0.05) is 82.5 Å². The van der Waals surface area contributed by atoms with Crippen molar-refractivity contribution in [1.82, 2.24) is 30.2 Å². The third kappa shape index (κ3) is 20.4. The van der Waals surface area contributed by atoms with Crippen molar-refractivity contribution in [3.8, 4) is 0 Å². The lowest BCUT2D eigenvalue weighted by Gasteiger charge is -2.36. The summed E-state index contributed by atoms with van der Waals surface area (Å²) in [4.78, 5) is 96.7. The molecule has 0 aliphatic carbocycles. The first-order valence-corrected chi connectivity index (χ1v) is 26.2. The zero-order valence-electron chi connectivity index (χ0n) is 36.3. The number of hydrogen-bond acceptors (Lipinski definition) is 22. The summed E-state index contributed by atoms with van der Waals surface area (Å²) in [6.07, 6.45) is 11.0. The van der Waals surface area contributed by atoms with Crippen LogP contribution in [0.3, 0.4) is 0 Å². The lowest BCUT2D eigenvalue weighted by Crippen LogP contribution is -2.46. The van der Waals surface area contributed by atoms with Gasteiger partial charge in [0.15, 0.2) is 22.8 Å². The fraction of sp³-hybridized carbons (Fsp3) is 0.676. The molecule has 24 nitrogen and oxygen atoms in total. The number of fused-ring (bicyclic) bond motifs is 1. The maximum atomic E-state index is 12.6. The number of amides is 2. The largest absolute Gasteiger partial charge is 0.790 e. The van der Waals surface area contributed by atoms with Gasteiger partial charge in [-0.3, -0.25) is 28.1 Å². The first-order valence-electron chi connectivity index (χ1n) is 20.8. The second-order valence-corrected chi connectivity index (χ2v) is 20.7. The third-order valence-corrected chi connectivity index (χ3v) is 13.5. The van der Waals surface area contributed by atoms with Crippen LogP contribution in [0.1, 0.15) is 97.6 Å². The van der Waals surface area contributed by atoms with Gasteiger partial charge >= 0.3 is 0 Å². The molecule has 2 amide bonds. The molecule has 7 atom stereocenters. The number of nitrogens with two attached hydrogens (primary N) is 1. The minimum atomic E-state index is -5.92. The average Bonchev–Trinajstić information content (AvgIpc) is 3.79. The Morgan fingerprint density at radius 2 is 1.63 bits per heavy atom. The Hall–Kier alpha value is -2.96. The minimum absolute atomic E-state index is 0.0198. The van der Waals surface area contributed by atoms with Crippen molar-refractivity contribution < 1.29 is 80.5 Å². The molecule has 368 valence electrons. The van der Waals surface area contributed by atoms with Crippen LogP contribution in [-0.2, 0) is 50.7 Å². The predicted octanol–water partition coefficient (Wildman–Crippen LogP) is 1.17. The molecule has 0 bridgehead atoms. The van der Waals surface area contributed by atoms with E-state index in [0.29, 0.717) is 12.2 Å². The summed E-state index contributed by atoms with van der Waals surface area (Å²) in [5.74, 6) is -1.15. The number of nitrogens with one attached hydrogen (secondary N) is 2. The maximum Gasteiger partial charge on any atom is 0.274 e. The highest BCUT2D eigenvalue weighted by Crippen LogP contribution is 2.56. The van der Waals surface area contributed by atoms with Crippen LogP contribution in [0.4, 0.5) is 5.82 Å². The van der Waals surface area contributed by atoms with Gasteiger partial charge in [0.05, 0.1) is 27.4 Å². The number of unbranched alkanes of at least 4 members (excludes halogenated alkanes) is 6. The van der Waals surface area contributed by atoms with Crippen LogP contribution >= 0.6 is 35.2 Å². The summed E-state index contributed by atoms with van der Waals surface area (Å²) in [5, 5.41) is 26.4. The van der Waals surface area contributed by atoms with Gasteiger partial charge in [0.1, 0.15) is 36.3 Å². The van der Waals surface area contributed by atoms with E-state index < -0.39 is 84.6 Å². The first kappa shape index (κ1) is 56.4. The summed E-state index contributed by atoms with van der Waals surface area (Å²) >= 11 is 1.13. The number of hydrogen-bond donors (Lipinski definition) is 5. The Labute approximate surface area is 381 Å². The molecular formula is C37H58N7O17P3S-4. The van der Waals surface area contributed by atoms with Crippen LogP contribution in [0.25, 0.3) is 11.2 Å². The molecule has 0 aromatic carbocycles. The van der Waals surface area contributed by atoms with Crippen LogP contribution in [-0.4, -0.2) is 103 Å². The summed E-state index contributed by atoms with van der Waals surface area (Å²) < 4.78 is 60.8. The molecule has 3 heterocycles. The molecule has 2 aromatic heterocycles. The summed E-state index contributed by atoms with van der Waals surface area (Å²) in [7, 11) is -17.6. The fourth-order valence-corrected chi connectivity index (χ4v) is 9.54. The van der Waals surface area contributed by atoms with Gasteiger partial charge in [0.25, 0.3) is 15.6 Å². The number of aliphatic hydroxyl groups excluding tert-OH is 2. The Kier molecular flexibility index (Phi) is 23.5. The standard InChI is InChI=1S/C37H62N7O17P3S/c1-4-5-6-7-8-9-10-11-12-13-14-15-16-17-28(46)65-21-20-39-27(45)18-19-40-35(49)32(48)37(2,3)23-58-64(55,56)61-63(53,54)57-22-26-31(60-62(50,51)52)30(47)36(59-26)44-25-43-29-33(38)41-24-42-34(29)44/h6-7,9-10,24-26,30-32,36,47-48H,4-5,8,11-23H2,1-3H3,(H,39,45)(H,40,49)(H,53,54)(H,55,56)(H2,38,41,42)(H2,50,51,52)/p-4/b7-6+,10-9-/t26-,30-,31-,32+,36-/m1/s1. The summed E-state index contributed by atoms with van der Waals surface area (Å²) in [5.41, 5.74) is 4.08. The topological polar surface area (TPSA) is 375 Å². The molecule has 65 heavy (non-hydrogen) atoms. The van der Waals surface area contributed by atoms with Crippen molar-refractivity contribution in [3.63, 3.8) is 0 Å². The van der Waals surface area contributed by atoms with Crippen molar-refractivity contribution in [2.45, 2.75) is 122 Å². The molecule has 1 fully saturated rings. The normalized spacial score (nSPS) is 20.6. The number of thioether (sulfide) groups is 1. The van der Waals surface area contributed by atoms with Crippen molar-refractivity contribution in [1.29, 1.82) is 0 Å². The lowest BCUT2D eigenvalue weighted by atomic mass is 9.87. The summed E-state index contributed by atoms with van der Waals surface area (Å²) in [6.45, 7) is 2.31. The second-order valence-electron chi connectivity index (χ2n) is 15.5. The quantitative estimate of drug-likeness (QED) is 0.0402. The van der Waals surface area contributed by atoms with E-state index in [9.17, 15) is 57.9 Å². The molecule has 1 aliphatic rings. The molecule has 6 N–H and O–H groups in total. The monoisotopic (exact) mass is 997 g/mol. The number of carbonyl (C=O) groups is 3. The van der Waals surface area contributed by atoms with Crippen LogP contribution < -0.4 is 35.9 Å². The Morgan fingerprint density at radius 3 is 2.34 bits per heavy atom. The molecule has 2 aromatic rings. The number of phosphoric ester groups is 3. The number of anilines is 1. The van der Waals surface area contributed by atoms with Gasteiger partial charge in [-0.25, -0.2) is 19.3 Å². The molecule has 1 aliphatic heterocycles. The number of phosphoric acid groups is 3. The van der Waals surface area contributed by atoms with E-state index in [-0.39, 0.29) is 41.6 Å². The number of rotatable bonds is 31. The zero-order valence-corrected chi connectivity index (χ0v) is 39.8. The van der Waals surface area contributed by atoms with Crippen molar-refractivity contribution in [3.05, 3.63) is 37.0 Å². The average molecular weight is 998 g/mol. The van der Waals surface area contributed by atoms with E-state index >= 15 is 0 Å². The fourth-order valence-electron chi connectivity index (χ4n) is 6.08. The number of imidazole rings is 1. The molecule has 28 heteroatoms. The maximum absolute atomic E-state index is 12.6. The van der Waals surface area contributed by atoms with Gasteiger partial charge in [-0.15, -0.1) is 0 Å². The number of carbonyl (C=O) groups excluding carboxylic acids is 3. The molecule has 3 rings (SSSR count). The second kappa shape index (κ2) is 27.1. The minimum Gasteiger partial charge on any atom is -0.790 e. The van der Waals surface area contributed by atoms with Gasteiger partial charge in [0.2, 0.25) is 11.8 Å². The van der Waals surface area contributed by atoms with Gasteiger partial charge < -0.3 is 69.0 Å². The van der Waals surface area contributed by atoms with Crippen LogP contribution in [0.5, 0.6) is 0 Å². The van der Waals surface area contributed by atoms with E-state index in [2.05, 4.69) is 74.7 Å². The van der Waals surface area contributed by atoms with E-state index in [1.54, 1.807) is 0 Å². The zero-order chi connectivity index (χ0) is 48.3. The van der Waals surface area contributed by atoms with Crippen molar-refractivity contribution in [2.75, 3.05) is 37.8 Å². The van der Waals surface area contributed by atoms with E-state index in [4.69, 9.17) is 10.5 Å². The van der Waals surface area contributed by atoms with Crippen LogP contribution in [0, 0.1) is 5.41 Å². The highest BCUT2D eigenvalue weighted by atomic mass is 32.2. The molecule has 2 unspecified atom stereocenters. The molecule has 0 saturated carbocycles.